The Morgan fingerprint density at radius 1 is 1.26 bits per heavy atom. The predicted octanol–water partition coefficient (Wildman–Crippen LogP) is 3.80. The smallest absolute Gasteiger partial charge is 0.119 e. The van der Waals surface area contributed by atoms with Gasteiger partial charge in [-0.15, -0.1) is 0 Å². The lowest BCUT2D eigenvalue weighted by molar-refractivity contribution is 0.180. The van der Waals surface area contributed by atoms with E-state index in [1.54, 1.807) is 0 Å². The first kappa shape index (κ1) is 14.4. The fourth-order valence-corrected chi connectivity index (χ4v) is 2.41. The van der Waals surface area contributed by atoms with Gasteiger partial charge in [-0.1, -0.05) is 25.5 Å². The number of nitrogens with one attached hydrogen (secondary N) is 1. The molecule has 1 saturated carbocycles. The normalized spacial score (nSPS) is 16.9. The highest BCUT2D eigenvalue weighted by atomic mass is 16.5. The Morgan fingerprint density at radius 2 is 2.00 bits per heavy atom. The minimum absolute atomic E-state index is 0.543. The summed E-state index contributed by atoms with van der Waals surface area (Å²) in [4.78, 5) is 0. The van der Waals surface area contributed by atoms with E-state index in [0.29, 0.717) is 6.04 Å². The number of benzene rings is 1. The third kappa shape index (κ3) is 4.87. The summed E-state index contributed by atoms with van der Waals surface area (Å²) >= 11 is 0. The molecule has 0 radical (unpaired) electrons. The molecule has 1 aliphatic carbocycles. The van der Waals surface area contributed by atoms with E-state index in [0.717, 1.165) is 31.2 Å². The third-order valence-electron chi connectivity index (χ3n) is 3.92. The molecule has 0 aliphatic heterocycles. The van der Waals surface area contributed by atoms with Crippen molar-refractivity contribution in [3.63, 3.8) is 0 Å². The van der Waals surface area contributed by atoms with Crippen LogP contribution < -0.4 is 10.1 Å². The molecule has 19 heavy (non-hydrogen) atoms. The molecule has 1 atom stereocenters. The van der Waals surface area contributed by atoms with Crippen molar-refractivity contribution in [2.24, 2.45) is 5.92 Å². The fraction of sp³-hybridized carbons (Fsp3) is 0.647. The molecular weight excluding hydrogens is 234 g/mol. The van der Waals surface area contributed by atoms with Crippen molar-refractivity contribution >= 4 is 0 Å². The number of rotatable bonds is 8. The number of ether oxygens (including phenoxy) is 1. The number of hydrogen-bond acceptors (Lipinski definition) is 2. The average molecular weight is 261 g/mol. The zero-order valence-electron chi connectivity index (χ0n) is 12.3. The van der Waals surface area contributed by atoms with Crippen LogP contribution in [0.15, 0.2) is 24.3 Å². The topological polar surface area (TPSA) is 21.3 Å². The van der Waals surface area contributed by atoms with E-state index in [-0.39, 0.29) is 0 Å². The number of hydrogen-bond donors (Lipinski definition) is 1. The van der Waals surface area contributed by atoms with Crippen LogP contribution in [-0.2, 0) is 6.42 Å². The monoisotopic (exact) mass is 261 g/mol. The van der Waals surface area contributed by atoms with Gasteiger partial charge >= 0.3 is 0 Å². The first-order valence-corrected chi connectivity index (χ1v) is 7.73. The lowest BCUT2D eigenvalue weighted by Gasteiger charge is -2.25. The van der Waals surface area contributed by atoms with Crippen LogP contribution in [0, 0.1) is 5.92 Å². The highest BCUT2D eigenvalue weighted by molar-refractivity contribution is 5.27. The Bertz CT molecular complexity index is 356. The van der Waals surface area contributed by atoms with Gasteiger partial charge in [0.2, 0.25) is 0 Å². The largest absolute Gasteiger partial charge is 0.493 e. The average Bonchev–Trinajstić information content (AvgIpc) is 2.36. The first-order chi connectivity index (χ1) is 9.28. The molecule has 0 amide bonds. The van der Waals surface area contributed by atoms with Gasteiger partial charge in [0.05, 0.1) is 6.61 Å². The molecule has 0 bridgehead atoms. The zero-order chi connectivity index (χ0) is 13.5. The molecule has 0 aromatic heterocycles. The van der Waals surface area contributed by atoms with Crippen LogP contribution in [0.1, 0.15) is 45.1 Å². The minimum atomic E-state index is 0.543. The van der Waals surface area contributed by atoms with Gasteiger partial charge in [0.25, 0.3) is 0 Å². The molecule has 106 valence electrons. The van der Waals surface area contributed by atoms with Crippen molar-refractivity contribution in [3.8, 4) is 5.75 Å². The summed E-state index contributed by atoms with van der Waals surface area (Å²) in [5, 5.41) is 3.52. The van der Waals surface area contributed by atoms with Crippen LogP contribution in [0.25, 0.3) is 0 Å². The molecule has 1 unspecified atom stereocenters. The SMILES string of the molecule is CCCNC(C)Cc1ccc(OCC2CCC2)cc1. The second-order valence-corrected chi connectivity index (χ2v) is 5.81. The standard InChI is InChI=1S/C17H27NO/c1-3-11-18-14(2)12-15-7-9-17(10-8-15)19-13-16-5-4-6-16/h7-10,14,16,18H,3-6,11-13H2,1-2H3. The maximum atomic E-state index is 5.82. The minimum Gasteiger partial charge on any atom is -0.493 e. The zero-order valence-corrected chi connectivity index (χ0v) is 12.3. The summed E-state index contributed by atoms with van der Waals surface area (Å²) < 4.78 is 5.82. The lowest BCUT2D eigenvalue weighted by atomic mass is 9.86. The van der Waals surface area contributed by atoms with Crippen LogP contribution in [-0.4, -0.2) is 19.2 Å². The van der Waals surface area contributed by atoms with Crippen molar-refractivity contribution in [2.75, 3.05) is 13.2 Å². The van der Waals surface area contributed by atoms with Gasteiger partial charge in [-0.2, -0.15) is 0 Å². The Hall–Kier alpha value is -1.02. The predicted molar refractivity (Wildman–Crippen MR) is 80.7 cm³/mol. The van der Waals surface area contributed by atoms with Gasteiger partial charge in [-0.3, -0.25) is 0 Å². The van der Waals surface area contributed by atoms with E-state index in [4.69, 9.17) is 4.74 Å². The van der Waals surface area contributed by atoms with Gasteiger partial charge in [-0.05, 0) is 62.8 Å². The molecule has 1 aromatic rings. The quantitative estimate of drug-likeness (QED) is 0.768. The van der Waals surface area contributed by atoms with Crippen molar-refractivity contribution in [1.82, 2.24) is 5.32 Å². The summed E-state index contributed by atoms with van der Waals surface area (Å²) in [6, 6.07) is 9.16. The van der Waals surface area contributed by atoms with Crippen LogP contribution in [0.2, 0.25) is 0 Å². The van der Waals surface area contributed by atoms with Gasteiger partial charge in [0.15, 0.2) is 0 Å². The fourth-order valence-electron chi connectivity index (χ4n) is 2.41. The highest BCUT2D eigenvalue weighted by Crippen LogP contribution is 2.27. The van der Waals surface area contributed by atoms with E-state index < -0.39 is 0 Å². The molecular formula is C17H27NO. The summed E-state index contributed by atoms with van der Waals surface area (Å²) in [7, 11) is 0. The Balaban J connectivity index is 1.73. The molecule has 0 heterocycles. The van der Waals surface area contributed by atoms with Gasteiger partial charge in [0, 0.05) is 6.04 Å². The molecule has 1 aliphatic rings. The molecule has 2 rings (SSSR count). The van der Waals surface area contributed by atoms with Gasteiger partial charge in [-0.25, -0.2) is 0 Å². The van der Waals surface area contributed by atoms with E-state index >= 15 is 0 Å². The van der Waals surface area contributed by atoms with Crippen LogP contribution in [0.4, 0.5) is 0 Å². The maximum Gasteiger partial charge on any atom is 0.119 e. The summed E-state index contributed by atoms with van der Waals surface area (Å²) in [6.45, 7) is 6.45. The van der Waals surface area contributed by atoms with Crippen LogP contribution in [0.5, 0.6) is 5.75 Å². The molecule has 2 nitrogen and oxygen atoms in total. The molecule has 1 N–H and O–H groups in total. The van der Waals surface area contributed by atoms with Crippen molar-refractivity contribution in [3.05, 3.63) is 29.8 Å². The summed E-state index contributed by atoms with van der Waals surface area (Å²) in [5.41, 5.74) is 1.38. The van der Waals surface area contributed by atoms with Crippen molar-refractivity contribution in [1.29, 1.82) is 0 Å². The molecule has 2 heteroatoms. The van der Waals surface area contributed by atoms with E-state index in [9.17, 15) is 0 Å². The van der Waals surface area contributed by atoms with Crippen LogP contribution in [0.3, 0.4) is 0 Å². The van der Waals surface area contributed by atoms with E-state index in [1.165, 1.54) is 31.2 Å². The molecule has 1 fully saturated rings. The van der Waals surface area contributed by atoms with Crippen molar-refractivity contribution in [2.45, 2.75) is 52.0 Å². The van der Waals surface area contributed by atoms with Crippen molar-refractivity contribution < 1.29 is 4.74 Å². The molecule has 1 aromatic carbocycles. The highest BCUT2D eigenvalue weighted by Gasteiger charge is 2.17. The Morgan fingerprint density at radius 3 is 2.58 bits per heavy atom. The van der Waals surface area contributed by atoms with E-state index in [1.807, 2.05) is 0 Å². The van der Waals surface area contributed by atoms with Gasteiger partial charge in [0.1, 0.15) is 5.75 Å². The second kappa shape index (κ2) is 7.54. The maximum absolute atomic E-state index is 5.82. The van der Waals surface area contributed by atoms with Gasteiger partial charge < -0.3 is 10.1 Å². The summed E-state index contributed by atoms with van der Waals surface area (Å²) in [5.74, 6) is 1.82. The molecule has 0 saturated heterocycles. The second-order valence-electron chi connectivity index (χ2n) is 5.81. The molecule has 0 spiro atoms. The lowest BCUT2D eigenvalue weighted by Crippen LogP contribution is -2.28. The third-order valence-corrected chi connectivity index (χ3v) is 3.92. The van der Waals surface area contributed by atoms with Crippen LogP contribution >= 0.6 is 0 Å². The summed E-state index contributed by atoms with van der Waals surface area (Å²) in [6.07, 6.45) is 6.36. The first-order valence-electron chi connectivity index (χ1n) is 7.73. The Labute approximate surface area is 117 Å². The van der Waals surface area contributed by atoms with E-state index in [2.05, 4.69) is 43.4 Å². The Kier molecular flexibility index (Phi) is 5.71.